The van der Waals surface area contributed by atoms with Gasteiger partial charge in [-0.3, -0.25) is 9.78 Å². The van der Waals surface area contributed by atoms with E-state index in [1.165, 1.54) is 4.90 Å². The SMILES string of the molecule is CC(C)Sc1ccc(N2C(=O)N(Cc3ccncc3)C(C)(C)C2=O)cc1Cl. The smallest absolute Gasteiger partial charge is 0.305 e. The molecule has 3 rings (SSSR count). The summed E-state index contributed by atoms with van der Waals surface area (Å²) >= 11 is 8.04. The Morgan fingerprint density at radius 1 is 1.15 bits per heavy atom. The highest BCUT2D eigenvalue weighted by molar-refractivity contribution is 8.00. The van der Waals surface area contributed by atoms with Crippen molar-refractivity contribution in [2.24, 2.45) is 0 Å². The van der Waals surface area contributed by atoms with Crippen molar-refractivity contribution in [3.8, 4) is 0 Å². The molecule has 0 N–H and O–H groups in total. The van der Waals surface area contributed by atoms with Gasteiger partial charge in [0.2, 0.25) is 0 Å². The highest BCUT2D eigenvalue weighted by atomic mass is 35.5. The van der Waals surface area contributed by atoms with E-state index in [2.05, 4.69) is 18.8 Å². The number of thioether (sulfide) groups is 1. The molecule has 0 bridgehead atoms. The maximum Gasteiger partial charge on any atom is 0.332 e. The number of anilines is 1. The van der Waals surface area contributed by atoms with Crippen LogP contribution in [0.25, 0.3) is 0 Å². The van der Waals surface area contributed by atoms with E-state index < -0.39 is 5.54 Å². The van der Waals surface area contributed by atoms with Gasteiger partial charge in [-0.15, -0.1) is 11.8 Å². The summed E-state index contributed by atoms with van der Waals surface area (Å²) in [7, 11) is 0. The number of carbonyl (C=O) groups excluding carboxylic acids is 2. The van der Waals surface area contributed by atoms with Gasteiger partial charge in [0.25, 0.3) is 5.91 Å². The Morgan fingerprint density at radius 3 is 2.41 bits per heavy atom. The monoisotopic (exact) mass is 403 g/mol. The lowest BCUT2D eigenvalue weighted by Gasteiger charge is -2.27. The Balaban J connectivity index is 1.91. The number of benzene rings is 1. The summed E-state index contributed by atoms with van der Waals surface area (Å²) in [5.74, 6) is -0.262. The lowest BCUT2D eigenvalue weighted by Crippen LogP contribution is -2.43. The van der Waals surface area contributed by atoms with Crippen LogP contribution in [-0.2, 0) is 11.3 Å². The minimum absolute atomic E-state index is 0.262. The Bertz CT molecular complexity index is 871. The van der Waals surface area contributed by atoms with E-state index in [0.717, 1.165) is 10.5 Å². The number of aromatic nitrogens is 1. The van der Waals surface area contributed by atoms with Gasteiger partial charge in [0.15, 0.2) is 0 Å². The van der Waals surface area contributed by atoms with Gasteiger partial charge in [0.05, 0.1) is 10.7 Å². The Labute approximate surface area is 168 Å². The minimum atomic E-state index is -0.946. The molecule has 3 amide bonds. The molecule has 1 fully saturated rings. The maximum atomic E-state index is 13.1. The Hall–Kier alpha value is -2.05. The third-order valence-corrected chi connectivity index (χ3v) is 5.96. The average Bonchev–Trinajstić information content (AvgIpc) is 2.77. The van der Waals surface area contributed by atoms with Gasteiger partial charge in [0, 0.05) is 29.1 Å². The predicted octanol–water partition coefficient (Wildman–Crippen LogP) is 4.98. The molecule has 1 aliphatic rings. The van der Waals surface area contributed by atoms with Crippen LogP contribution in [0.15, 0.2) is 47.6 Å². The molecule has 0 saturated carbocycles. The topological polar surface area (TPSA) is 53.5 Å². The molecule has 0 unspecified atom stereocenters. The number of imide groups is 1. The number of pyridine rings is 1. The van der Waals surface area contributed by atoms with Gasteiger partial charge in [-0.2, -0.15) is 0 Å². The van der Waals surface area contributed by atoms with E-state index >= 15 is 0 Å². The molecular weight excluding hydrogens is 382 g/mol. The third-order valence-electron chi connectivity index (χ3n) is 4.45. The number of urea groups is 1. The van der Waals surface area contributed by atoms with E-state index in [-0.39, 0.29) is 11.9 Å². The first-order valence-electron chi connectivity index (χ1n) is 8.73. The largest absolute Gasteiger partial charge is 0.332 e. The van der Waals surface area contributed by atoms with Crippen molar-refractivity contribution < 1.29 is 9.59 Å². The van der Waals surface area contributed by atoms with Crippen molar-refractivity contribution in [3.05, 3.63) is 53.3 Å². The first kappa shape index (κ1) is 19.7. The fourth-order valence-corrected chi connectivity index (χ4v) is 4.11. The molecule has 27 heavy (non-hydrogen) atoms. The minimum Gasteiger partial charge on any atom is -0.305 e. The molecule has 1 aromatic carbocycles. The molecule has 5 nitrogen and oxygen atoms in total. The summed E-state index contributed by atoms with van der Waals surface area (Å²) in [5.41, 5.74) is 0.467. The van der Waals surface area contributed by atoms with Crippen molar-refractivity contribution in [2.75, 3.05) is 4.90 Å². The second-order valence-electron chi connectivity index (χ2n) is 7.21. The molecule has 0 spiro atoms. The first-order chi connectivity index (χ1) is 12.7. The maximum absolute atomic E-state index is 13.1. The average molecular weight is 404 g/mol. The second kappa shape index (κ2) is 7.52. The molecular formula is C20H22ClN3O2S. The van der Waals surface area contributed by atoms with Crippen LogP contribution in [-0.4, -0.2) is 32.6 Å². The van der Waals surface area contributed by atoms with Gasteiger partial charge in [0.1, 0.15) is 5.54 Å². The summed E-state index contributed by atoms with van der Waals surface area (Å²) in [6, 6.07) is 8.66. The molecule has 0 atom stereocenters. The first-order valence-corrected chi connectivity index (χ1v) is 9.99. The third kappa shape index (κ3) is 3.82. The zero-order valence-corrected chi connectivity index (χ0v) is 17.3. The van der Waals surface area contributed by atoms with Crippen molar-refractivity contribution in [2.45, 2.75) is 49.9 Å². The van der Waals surface area contributed by atoms with Crippen molar-refractivity contribution in [1.29, 1.82) is 0 Å². The summed E-state index contributed by atoms with van der Waals surface area (Å²) in [6.07, 6.45) is 3.35. The molecule has 1 aromatic heterocycles. The lowest BCUT2D eigenvalue weighted by atomic mass is 10.0. The van der Waals surface area contributed by atoms with Crippen LogP contribution in [0.3, 0.4) is 0 Å². The fraction of sp³-hybridized carbons (Fsp3) is 0.350. The van der Waals surface area contributed by atoms with Gasteiger partial charge >= 0.3 is 6.03 Å². The Kier molecular flexibility index (Phi) is 5.49. The van der Waals surface area contributed by atoms with Crippen molar-refractivity contribution in [3.63, 3.8) is 0 Å². The summed E-state index contributed by atoms with van der Waals surface area (Å²) in [4.78, 5) is 33.8. The lowest BCUT2D eigenvalue weighted by molar-refractivity contribution is -0.123. The predicted molar refractivity (Wildman–Crippen MR) is 109 cm³/mol. The van der Waals surface area contributed by atoms with E-state index in [9.17, 15) is 9.59 Å². The molecule has 0 aliphatic carbocycles. The molecule has 2 aromatic rings. The number of rotatable bonds is 5. The van der Waals surface area contributed by atoms with Gasteiger partial charge in [-0.05, 0) is 49.7 Å². The number of hydrogen-bond donors (Lipinski definition) is 0. The molecule has 142 valence electrons. The second-order valence-corrected chi connectivity index (χ2v) is 9.23. The van der Waals surface area contributed by atoms with Crippen LogP contribution in [0.4, 0.5) is 10.5 Å². The fourth-order valence-electron chi connectivity index (χ4n) is 2.98. The van der Waals surface area contributed by atoms with E-state index in [4.69, 9.17) is 11.6 Å². The van der Waals surface area contributed by atoms with Crippen molar-refractivity contribution >= 4 is 41.0 Å². The molecule has 1 saturated heterocycles. The highest BCUT2D eigenvalue weighted by Crippen LogP contribution is 2.37. The van der Waals surface area contributed by atoms with Crippen molar-refractivity contribution in [1.82, 2.24) is 9.88 Å². The standard InChI is InChI=1S/C20H22ClN3O2S/c1-13(2)27-17-6-5-15(11-16(17)21)24-18(25)20(3,4)23(19(24)26)12-14-7-9-22-10-8-14/h5-11,13H,12H2,1-4H3. The summed E-state index contributed by atoms with van der Waals surface area (Å²) in [5, 5.41) is 0.926. The van der Waals surface area contributed by atoms with Crippen LogP contribution < -0.4 is 4.90 Å². The summed E-state index contributed by atoms with van der Waals surface area (Å²) < 4.78 is 0. The normalized spacial score (nSPS) is 16.5. The zero-order valence-electron chi connectivity index (χ0n) is 15.8. The number of carbonyl (C=O) groups is 2. The van der Waals surface area contributed by atoms with Crippen LogP contribution in [0, 0.1) is 0 Å². The Morgan fingerprint density at radius 2 is 1.81 bits per heavy atom. The molecule has 2 heterocycles. The highest BCUT2D eigenvalue weighted by Gasteiger charge is 2.51. The number of amides is 3. The number of halogens is 1. The van der Waals surface area contributed by atoms with E-state index in [1.807, 2.05) is 18.2 Å². The van der Waals surface area contributed by atoms with Gasteiger partial charge in [-0.25, -0.2) is 9.69 Å². The van der Waals surface area contributed by atoms with E-state index in [1.54, 1.807) is 55.0 Å². The molecule has 7 heteroatoms. The molecule has 1 aliphatic heterocycles. The van der Waals surface area contributed by atoms with E-state index in [0.29, 0.717) is 22.5 Å². The van der Waals surface area contributed by atoms with Gasteiger partial charge in [-0.1, -0.05) is 25.4 Å². The van der Waals surface area contributed by atoms with Crippen LogP contribution in [0.2, 0.25) is 5.02 Å². The van der Waals surface area contributed by atoms with Crippen LogP contribution >= 0.6 is 23.4 Å². The number of nitrogens with zero attached hydrogens (tertiary/aromatic N) is 3. The molecule has 0 radical (unpaired) electrons. The van der Waals surface area contributed by atoms with Gasteiger partial charge < -0.3 is 4.90 Å². The number of hydrogen-bond acceptors (Lipinski definition) is 4. The zero-order chi connectivity index (χ0) is 19.8. The van der Waals surface area contributed by atoms with Crippen LogP contribution in [0.1, 0.15) is 33.3 Å². The quantitative estimate of drug-likeness (QED) is 0.521. The van der Waals surface area contributed by atoms with Crippen LogP contribution in [0.5, 0.6) is 0 Å². The summed E-state index contributed by atoms with van der Waals surface area (Å²) in [6.45, 7) is 8.04.